The average molecular weight is 359 g/mol. The quantitative estimate of drug-likeness (QED) is 0.822. The molecule has 0 radical (unpaired) electrons. The third kappa shape index (κ3) is 4.68. The lowest BCUT2D eigenvalue weighted by molar-refractivity contribution is -0.136. The lowest BCUT2D eigenvalue weighted by Crippen LogP contribution is -2.52. The number of amides is 1. The molecule has 0 saturated carbocycles. The number of hydrogen-bond acceptors (Lipinski definition) is 3. The van der Waals surface area contributed by atoms with Crippen LogP contribution in [0.2, 0.25) is 0 Å². The first-order chi connectivity index (χ1) is 10.9. The highest BCUT2D eigenvalue weighted by atomic mass is 35.5. The summed E-state index contributed by atoms with van der Waals surface area (Å²) in [5.74, 6) is -0.231. The van der Waals surface area contributed by atoms with Gasteiger partial charge in [0.25, 0.3) is 0 Å². The van der Waals surface area contributed by atoms with Crippen LogP contribution in [0.1, 0.15) is 32.3 Å². The lowest BCUT2D eigenvalue weighted by Gasteiger charge is -2.37. The van der Waals surface area contributed by atoms with Gasteiger partial charge in [0.2, 0.25) is 5.91 Å². The molecule has 1 saturated heterocycles. The van der Waals surface area contributed by atoms with E-state index in [1.807, 2.05) is 19.9 Å². The van der Waals surface area contributed by atoms with Crippen molar-refractivity contribution in [1.29, 1.82) is 0 Å². The molecule has 0 aromatic heterocycles. The van der Waals surface area contributed by atoms with E-state index in [9.17, 15) is 9.18 Å². The van der Waals surface area contributed by atoms with Crippen molar-refractivity contribution in [3.63, 3.8) is 0 Å². The van der Waals surface area contributed by atoms with Gasteiger partial charge in [-0.25, -0.2) is 4.39 Å². The fraction of sp³-hybridized carbons (Fsp3) is 0.611. The zero-order valence-electron chi connectivity index (χ0n) is 14.7. The van der Waals surface area contributed by atoms with E-state index >= 15 is 0 Å². The maximum atomic E-state index is 14.0. The SMILES string of the molecule is COCC1(C(=O)NCC(C)(C)c2ccccc2F)CCNCC1.Cl. The Hall–Kier alpha value is -1.17. The summed E-state index contributed by atoms with van der Waals surface area (Å²) in [7, 11) is 1.63. The summed E-state index contributed by atoms with van der Waals surface area (Å²) >= 11 is 0. The highest BCUT2D eigenvalue weighted by Crippen LogP contribution is 2.30. The molecule has 1 amide bonds. The van der Waals surface area contributed by atoms with Crippen molar-refractivity contribution in [2.75, 3.05) is 33.4 Å². The molecule has 4 nitrogen and oxygen atoms in total. The minimum Gasteiger partial charge on any atom is -0.384 e. The normalized spacial score (nSPS) is 17.0. The fourth-order valence-electron chi connectivity index (χ4n) is 3.21. The maximum Gasteiger partial charge on any atom is 0.228 e. The number of rotatable bonds is 6. The van der Waals surface area contributed by atoms with Crippen LogP contribution in [0.25, 0.3) is 0 Å². The zero-order valence-corrected chi connectivity index (χ0v) is 15.5. The van der Waals surface area contributed by atoms with Crippen LogP contribution in [-0.4, -0.2) is 39.3 Å². The fourth-order valence-corrected chi connectivity index (χ4v) is 3.21. The molecule has 0 unspecified atom stereocenters. The van der Waals surface area contributed by atoms with Crippen molar-refractivity contribution >= 4 is 18.3 Å². The van der Waals surface area contributed by atoms with Crippen molar-refractivity contribution in [2.45, 2.75) is 32.1 Å². The van der Waals surface area contributed by atoms with Crippen LogP contribution in [0, 0.1) is 11.2 Å². The van der Waals surface area contributed by atoms with Gasteiger partial charge in [-0.1, -0.05) is 32.0 Å². The molecular formula is C18H28ClFN2O2. The summed E-state index contributed by atoms with van der Waals surface area (Å²) in [6.45, 7) is 6.32. The molecule has 24 heavy (non-hydrogen) atoms. The third-order valence-corrected chi connectivity index (χ3v) is 4.76. The Morgan fingerprint density at radius 2 is 1.96 bits per heavy atom. The van der Waals surface area contributed by atoms with Gasteiger partial charge in [0.1, 0.15) is 5.82 Å². The Bertz CT molecular complexity index is 540. The number of methoxy groups -OCH3 is 1. The van der Waals surface area contributed by atoms with Crippen molar-refractivity contribution in [3.05, 3.63) is 35.6 Å². The minimum absolute atomic E-state index is 0. The molecule has 0 bridgehead atoms. The molecule has 6 heteroatoms. The van der Waals surface area contributed by atoms with Crippen molar-refractivity contribution in [2.24, 2.45) is 5.41 Å². The first-order valence-corrected chi connectivity index (χ1v) is 8.14. The van der Waals surface area contributed by atoms with Gasteiger partial charge in [-0.15, -0.1) is 12.4 Å². The summed E-state index contributed by atoms with van der Waals surface area (Å²) < 4.78 is 19.3. The smallest absolute Gasteiger partial charge is 0.228 e. The van der Waals surface area contributed by atoms with E-state index in [4.69, 9.17) is 4.74 Å². The van der Waals surface area contributed by atoms with E-state index in [1.54, 1.807) is 19.2 Å². The van der Waals surface area contributed by atoms with Crippen LogP contribution < -0.4 is 10.6 Å². The minimum atomic E-state index is -0.481. The Kier molecular flexibility index (Phi) is 7.64. The molecule has 136 valence electrons. The Balaban J connectivity index is 0.00000288. The Labute approximate surface area is 149 Å². The van der Waals surface area contributed by atoms with E-state index in [0.29, 0.717) is 18.7 Å². The number of benzene rings is 1. The van der Waals surface area contributed by atoms with Crippen LogP contribution in [0.3, 0.4) is 0 Å². The molecule has 2 N–H and O–H groups in total. The van der Waals surface area contributed by atoms with Crippen molar-refractivity contribution in [1.82, 2.24) is 10.6 Å². The van der Waals surface area contributed by atoms with E-state index < -0.39 is 10.8 Å². The summed E-state index contributed by atoms with van der Waals surface area (Å²) in [4.78, 5) is 12.8. The molecule has 1 aromatic rings. The van der Waals surface area contributed by atoms with Crippen LogP contribution in [0.4, 0.5) is 4.39 Å². The molecule has 1 heterocycles. The maximum absolute atomic E-state index is 14.0. The second-order valence-electron chi connectivity index (χ2n) is 7.01. The molecule has 1 aliphatic heterocycles. The van der Waals surface area contributed by atoms with Gasteiger partial charge in [-0.2, -0.15) is 0 Å². The van der Waals surface area contributed by atoms with Gasteiger partial charge in [0.15, 0.2) is 0 Å². The van der Waals surface area contributed by atoms with Gasteiger partial charge in [0.05, 0.1) is 12.0 Å². The Morgan fingerprint density at radius 3 is 2.54 bits per heavy atom. The summed E-state index contributed by atoms with van der Waals surface area (Å²) in [6.07, 6.45) is 1.51. The van der Waals surface area contributed by atoms with E-state index in [2.05, 4.69) is 10.6 Å². The number of halogens is 2. The van der Waals surface area contributed by atoms with E-state index in [0.717, 1.165) is 25.9 Å². The largest absolute Gasteiger partial charge is 0.384 e. The molecule has 2 rings (SSSR count). The zero-order chi connectivity index (χ0) is 16.9. The molecule has 0 aliphatic carbocycles. The van der Waals surface area contributed by atoms with Crippen molar-refractivity contribution in [3.8, 4) is 0 Å². The molecule has 0 atom stereocenters. The summed E-state index contributed by atoms with van der Waals surface area (Å²) in [5, 5.41) is 6.30. The Morgan fingerprint density at radius 1 is 1.33 bits per heavy atom. The van der Waals surface area contributed by atoms with Crippen molar-refractivity contribution < 1.29 is 13.9 Å². The number of ether oxygens (including phenoxy) is 1. The topological polar surface area (TPSA) is 50.4 Å². The first-order valence-electron chi connectivity index (χ1n) is 8.14. The number of piperidine rings is 1. The third-order valence-electron chi connectivity index (χ3n) is 4.76. The van der Waals surface area contributed by atoms with Gasteiger partial charge in [-0.05, 0) is 37.6 Å². The molecule has 1 aromatic carbocycles. The molecule has 1 aliphatic rings. The van der Waals surface area contributed by atoms with Gasteiger partial charge in [0, 0.05) is 19.1 Å². The van der Waals surface area contributed by atoms with Gasteiger partial charge in [-0.3, -0.25) is 4.79 Å². The molecular weight excluding hydrogens is 331 g/mol. The number of carbonyl (C=O) groups excluding carboxylic acids is 1. The average Bonchev–Trinajstić information content (AvgIpc) is 2.54. The number of nitrogens with one attached hydrogen (secondary N) is 2. The van der Waals surface area contributed by atoms with E-state index in [1.165, 1.54) is 6.07 Å². The predicted octanol–water partition coefficient (Wildman–Crippen LogP) is 2.66. The second kappa shape index (κ2) is 8.79. The first kappa shape index (κ1) is 20.9. The second-order valence-corrected chi connectivity index (χ2v) is 7.01. The number of hydrogen-bond donors (Lipinski definition) is 2. The standard InChI is InChI=1S/C18H27FN2O2.ClH/c1-17(2,14-6-4-5-7-15(14)19)12-21-16(22)18(13-23-3)8-10-20-11-9-18;/h4-7,20H,8-13H2,1-3H3,(H,21,22);1H. The van der Waals surface area contributed by atoms with Gasteiger partial charge >= 0.3 is 0 Å². The van der Waals surface area contributed by atoms with Crippen LogP contribution in [0.15, 0.2) is 24.3 Å². The monoisotopic (exact) mass is 358 g/mol. The highest BCUT2D eigenvalue weighted by Gasteiger charge is 2.40. The van der Waals surface area contributed by atoms with Crippen LogP contribution >= 0.6 is 12.4 Å². The molecule has 1 fully saturated rings. The molecule has 0 spiro atoms. The van der Waals surface area contributed by atoms with Gasteiger partial charge < -0.3 is 15.4 Å². The summed E-state index contributed by atoms with van der Waals surface area (Å²) in [5.41, 5.74) is -0.334. The highest BCUT2D eigenvalue weighted by molar-refractivity contribution is 5.85. The van der Waals surface area contributed by atoms with Crippen LogP contribution in [0.5, 0.6) is 0 Å². The number of carbonyl (C=O) groups is 1. The van der Waals surface area contributed by atoms with Crippen LogP contribution in [-0.2, 0) is 14.9 Å². The summed E-state index contributed by atoms with van der Waals surface area (Å²) in [6, 6.07) is 6.73. The predicted molar refractivity (Wildman–Crippen MR) is 96.1 cm³/mol. The van der Waals surface area contributed by atoms with E-state index in [-0.39, 0.29) is 24.1 Å². The lowest BCUT2D eigenvalue weighted by atomic mass is 9.78.